The number of fused-ring (bicyclic) bond motifs is 1. The number of aryl methyl sites for hydroxylation is 1. The Morgan fingerprint density at radius 1 is 1.28 bits per heavy atom. The van der Waals surface area contributed by atoms with E-state index in [1.807, 2.05) is 13.8 Å². The highest BCUT2D eigenvalue weighted by Gasteiger charge is 2.19. The molecule has 3 aromatic rings. The van der Waals surface area contributed by atoms with E-state index < -0.39 is 0 Å². The van der Waals surface area contributed by atoms with Gasteiger partial charge in [-0.2, -0.15) is 0 Å². The Balaban J connectivity index is 1.72. The Hall–Kier alpha value is -2.54. The van der Waals surface area contributed by atoms with Gasteiger partial charge in [-0.15, -0.1) is 11.3 Å². The summed E-state index contributed by atoms with van der Waals surface area (Å²) in [6, 6.07) is 6.27. The smallest absolute Gasteiger partial charge is 0.261 e. The lowest BCUT2D eigenvalue weighted by molar-refractivity contribution is 0.0957. The van der Waals surface area contributed by atoms with Crippen molar-refractivity contribution >= 4 is 27.5 Å². The molecule has 0 spiro atoms. The van der Waals surface area contributed by atoms with E-state index in [2.05, 4.69) is 15.3 Å². The van der Waals surface area contributed by atoms with Crippen molar-refractivity contribution in [3.05, 3.63) is 52.4 Å². The van der Waals surface area contributed by atoms with Crippen LogP contribution in [0.1, 0.15) is 27.7 Å². The highest BCUT2D eigenvalue weighted by Crippen LogP contribution is 2.34. The van der Waals surface area contributed by atoms with Crippen molar-refractivity contribution in [2.45, 2.75) is 20.3 Å². The molecule has 0 unspecified atom stereocenters. The van der Waals surface area contributed by atoms with Crippen molar-refractivity contribution in [3.63, 3.8) is 0 Å². The predicted molar refractivity (Wildman–Crippen MR) is 95.8 cm³/mol. The number of rotatable bonds is 6. The number of aromatic nitrogens is 2. The van der Waals surface area contributed by atoms with Crippen LogP contribution in [0.2, 0.25) is 0 Å². The van der Waals surface area contributed by atoms with Crippen LogP contribution in [-0.2, 0) is 6.42 Å². The summed E-state index contributed by atoms with van der Waals surface area (Å²) in [5.41, 5.74) is 1.79. The van der Waals surface area contributed by atoms with Gasteiger partial charge in [-0.1, -0.05) is 12.1 Å². The summed E-state index contributed by atoms with van der Waals surface area (Å²) < 4.78 is 18.4. The number of amides is 1. The number of carbonyl (C=O) groups excluding carboxylic acids is 1. The molecule has 2 aromatic heterocycles. The van der Waals surface area contributed by atoms with Gasteiger partial charge >= 0.3 is 0 Å². The maximum Gasteiger partial charge on any atom is 0.261 e. The Morgan fingerprint density at radius 2 is 2.04 bits per heavy atom. The van der Waals surface area contributed by atoms with E-state index in [0.717, 1.165) is 21.3 Å². The molecule has 1 N–H and O–H groups in total. The van der Waals surface area contributed by atoms with E-state index in [0.29, 0.717) is 30.3 Å². The van der Waals surface area contributed by atoms with Crippen LogP contribution in [0, 0.1) is 12.7 Å². The van der Waals surface area contributed by atoms with Crippen LogP contribution in [0.3, 0.4) is 0 Å². The second-order valence-electron chi connectivity index (χ2n) is 5.48. The van der Waals surface area contributed by atoms with Crippen molar-refractivity contribution < 1.29 is 13.9 Å². The van der Waals surface area contributed by atoms with Gasteiger partial charge in [-0.25, -0.2) is 14.4 Å². The fraction of sp³-hybridized carbons (Fsp3) is 0.278. The molecule has 0 bridgehead atoms. The van der Waals surface area contributed by atoms with Crippen molar-refractivity contribution in [2.24, 2.45) is 0 Å². The topological polar surface area (TPSA) is 64.1 Å². The molecule has 0 saturated heterocycles. The Labute approximate surface area is 148 Å². The second-order valence-corrected chi connectivity index (χ2v) is 6.48. The molecule has 7 heteroatoms. The molecule has 0 radical (unpaired) electrons. The summed E-state index contributed by atoms with van der Waals surface area (Å²) in [5, 5.41) is 3.69. The van der Waals surface area contributed by atoms with Gasteiger partial charge in [0, 0.05) is 6.54 Å². The molecule has 0 saturated carbocycles. The van der Waals surface area contributed by atoms with E-state index >= 15 is 0 Å². The molecule has 0 fully saturated rings. The van der Waals surface area contributed by atoms with Crippen molar-refractivity contribution in [1.29, 1.82) is 0 Å². The lowest BCUT2D eigenvalue weighted by atomic mass is 10.1. The van der Waals surface area contributed by atoms with Gasteiger partial charge in [0.15, 0.2) is 0 Å². The maximum atomic E-state index is 12.9. The molecule has 2 heterocycles. The number of nitrogens with one attached hydrogen (secondary N) is 1. The summed E-state index contributed by atoms with van der Waals surface area (Å²) in [4.78, 5) is 22.2. The predicted octanol–water partition coefficient (Wildman–Crippen LogP) is 3.51. The lowest BCUT2D eigenvalue weighted by Crippen LogP contribution is -2.25. The van der Waals surface area contributed by atoms with E-state index in [1.165, 1.54) is 29.8 Å². The SMILES string of the molecule is CCOc1ncnc2sc(C(=O)NCCc3ccc(F)cc3)c(C)c12. The highest BCUT2D eigenvalue weighted by molar-refractivity contribution is 7.20. The summed E-state index contributed by atoms with van der Waals surface area (Å²) in [6.07, 6.45) is 2.08. The number of thiophene rings is 1. The zero-order chi connectivity index (χ0) is 17.8. The number of carbonyl (C=O) groups is 1. The van der Waals surface area contributed by atoms with Crippen molar-refractivity contribution in [2.75, 3.05) is 13.2 Å². The lowest BCUT2D eigenvalue weighted by Gasteiger charge is -2.05. The van der Waals surface area contributed by atoms with Crippen LogP contribution in [0.5, 0.6) is 5.88 Å². The van der Waals surface area contributed by atoms with Gasteiger partial charge in [0.25, 0.3) is 5.91 Å². The number of hydrogen-bond donors (Lipinski definition) is 1. The number of nitrogens with zero attached hydrogens (tertiary/aromatic N) is 2. The highest BCUT2D eigenvalue weighted by atomic mass is 32.1. The van der Waals surface area contributed by atoms with Gasteiger partial charge in [0.05, 0.1) is 16.9 Å². The van der Waals surface area contributed by atoms with Crippen LogP contribution < -0.4 is 10.1 Å². The molecule has 0 aliphatic heterocycles. The van der Waals surface area contributed by atoms with Crippen LogP contribution in [0.15, 0.2) is 30.6 Å². The second kappa shape index (κ2) is 7.57. The molecular formula is C18H18FN3O2S. The largest absolute Gasteiger partial charge is 0.477 e. The Kier molecular flexibility index (Phi) is 5.23. The molecule has 0 atom stereocenters. The summed E-state index contributed by atoms with van der Waals surface area (Å²) in [7, 11) is 0. The minimum absolute atomic E-state index is 0.148. The number of halogens is 1. The average Bonchev–Trinajstić information content (AvgIpc) is 2.95. The zero-order valence-electron chi connectivity index (χ0n) is 14.0. The molecule has 5 nitrogen and oxygen atoms in total. The van der Waals surface area contributed by atoms with Crippen LogP contribution in [-0.4, -0.2) is 29.0 Å². The third-order valence-corrected chi connectivity index (χ3v) is 4.99. The standard InChI is InChI=1S/C18H18FN3O2S/c1-3-24-17-14-11(2)15(25-18(14)22-10-21-17)16(23)20-9-8-12-4-6-13(19)7-5-12/h4-7,10H,3,8-9H2,1-2H3,(H,20,23). The quantitative estimate of drug-likeness (QED) is 0.731. The number of hydrogen-bond acceptors (Lipinski definition) is 5. The molecule has 1 aromatic carbocycles. The normalized spacial score (nSPS) is 10.8. The summed E-state index contributed by atoms with van der Waals surface area (Å²) in [6.45, 7) is 4.74. The maximum absolute atomic E-state index is 12.9. The number of benzene rings is 1. The Morgan fingerprint density at radius 3 is 2.76 bits per heavy atom. The first kappa shape index (κ1) is 17.3. The molecule has 1 amide bonds. The van der Waals surface area contributed by atoms with Crippen LogP contribution in [0.4, 0.5) is 4.39 Å². The van der Waals surface area contributed by atoms with Gasteiger partial charge in [0.1, 0.15) is 17.0 Å². The van der Waals surface area contributed by atoms with Gasteiger partial charge in [0.2, 0.25) is 5.88 Å². The molecule has 0 aliphatic carbocycles. The Bertz CT molecular complexity index is 893. The van der Waals surface area contributed by atoms with E-state index in [9.17, 15) is 9.18 Å². The fourth-order valence-corrected chi connectivity index (χ4v) is 3.61. The fourth-order valence-electron chi connectivity index (χ4n) is 2.55. The first-order valence-electron chi connectivity index (χ1n) is 7.99. The minimum Gasteiger partial charge on any atom is -0.477 e. The van der Waals surface area contributed by atoms with E-state index in [1.54, 1.807) is 12.1 Å². The monoisotopic (exact) mass is 359 g/mol. The average molecular weight is 359 g/mol. The molecular weight excluding hydrogens is 341 g/mol. The van der Waals surface area contributed by atoms with Gasteiger partial charge in [-0.3, -0.25) is 4.79 Å². The first-order chi connectivity index (χ1) is 12.1. The van der Waals surface area contributed by atoms with Gasteiger partial charge < -0.3 is 10.1 Å². The van der Waals surface area contributed by atoms with Crippen molar-refractivity contribution in [1.82, 2.24) is 15.3 Å². The minimum atomic E-state index is -0.264. The first-order valence-corrected chi connectivity index (χ1v) is 8.81. The third kappa shape index (κ3) is 3.76. The summed E-state index contributed by atoms with van der Waals surface area (Å²) in [5.74, 6) is 0.0940. The van der Waals surface area contributed by atoms with E-state index in [4.69, 9.17) is 4.74 Å². The molecule has 25 heavy (non-hydrogen) atoms. The van der Waals surface area contributed by atoms with Gasteiger partial charge in [-0.05, 0) is 43.5 Å². The van der Waals surface area contributed by atoms with Crippen LogP contribution >= 0.6 is 11.3 Å². The zero-order valence-corrected chi connectivity index (χ0v) is 14.8. The summed E-state index contributed by atoms with van der Waals surface area (Å²) >= 11 is 1.33. The van der Waals surface area contributed by atoms with Crippen LogP contribution in [0.25, 0.3) is 10.2 Å². The third-order valence-electron chi connectivity index (χ3n) is 3.79. The number of ether oxygens (including phenoxy) is 1. The molecule has 130 valence electrons. The van der Waals surface area contributed by atoms with Crippen molar-refractivity contribution in [3.8, 4) is 5.88 Å². The molecule has 0 aliphatic rings. The van der Waals surface area contributed by atoms with E-state index in [-0.39, 0.29) is 11.7 Å². The molecule has 3 rings (SSSR count).